The van der Waals surface area contributed by atoms with Crippen LogP contribution in [0.1, 0.15) is 0 Å². The number of pyridine rings is 1. The van der Waals surface area contributed by atoms with Crippen molar-refractivity contribution in [2.24, 2.45) is 0 Å². The maximum atomic E-state index is 8.64. The first-order valence-corrected chi connectivity index (χ1v) is 5.37. The van der Waals surface area contributed by atoms with Gasteiger partial charge in [0.05, 0.1) is 6.07 Å². The highest BCUT2D eigenvalue weighted by Crippen LogP contribution is 2.16. The summed E-state index contributed by atoms with van der Waals surface area (Å²) >= 11 is 0. The van der Waals surface area contributed by atoms with Gasteiger partial charge < -0.3 is 10.2 Å². The van der Waals surface area contributed by atoms with Crippen molar-refractivity contribution in [3.63, 3.8) is 0 Å². The van der Waals surface area contributed by atoms with E-state index < -0.39 is 0 Å². The van der Waals surface area contributed by atoms with Gasteiger partial charge in [-0.3, -0.25) is 4.98 Å². The minimum Gasteiger partial charge on any atom is -0.346 e. The number of aromatic nitrogens is 3. The summed E-state index contributed by atoms with van der Waals surface area (Å²) in [6, 6.07) is 7.56. The lowest BCUT2D eigenvalue weighted by Crippen LogP contribution is -2.18. The third kappa shape index (κ3) is 2.92. The molecule has 2 rings (SSSR count). The zero-order valence-electron chi connectivity index (χ0n) is 9.91. The van der Waals surface area contributed by atoms with Crippen molar-refractivity contribution in [2.45, 2.75) is 0 Å². The van der Waals surface area contributed by atoms with E-state index in [-0.39, 0.29) is 6.54 Å². The highest BCUT2D eigenvalue weighted by molar-refractivity contribution is 5.58. The van der Waals surface area contributed by atoms with Crippen molar-refractivity contribution in [2.75, 3.05) is 23.8 Å². The number of rotatable bonds is 4. The molecule has 1 N–H and O–H groups in total. The largest absolute Gasteiger partial charge is 0.346 e. The molecular weight excluding hydrogens is 228 g/mol. The van der Waals surface area contributed by atoms with Crippen LogP contribution in [0.15, 0.2) is 36.9 Å². The zero-order chi connectivity index (χ0) is 12.8. The Morgan fingerprint density at radius 1 is 1.33 bits per heavy atom. The third-order valence-corrected chi connectivity index (χ3v) is 2.30. The van der Waals surface area contributed by atoms with E-state index in [2.05, 4.69) is 26.3 Å². The van der Waals surface area contributed by atoms with Gasteiger partial charge in [0.15, 0.2) is 0 Å². The molecule has 0 aliphatic heterocycles. The predicted octanol–water partition coefficient (Wildman–Crippen LogP) is 1.57. The van der Waals surface area contributed by atoms with E-state index in [1.54, 1.807) is 23.4 Å². The van der Waals surface area contributed by atoms with Crippen molar-refractivity contribution >= 4 is 17.3 Å². The van der Waals surface area contributed by atoms with Crippen LogP contribution in [0.3, 0.4) is 0 Å². The molecule has 0 aromatic carbocycles. The molecule has 18 heavy (non-hydrogen) atoms. The summed E-state index contributed by atoms with van der Waals surface area (Å²) in [6.07, 6.45) is 4.87. The molecule has 0 amide bonds. The van der Waals surface area contributed by atoms with Crippen molar-refractivity contribution in [3.8, 4) is 6.07 Å². The van der Waals surface area contributed by atoms with Gasteiger partial charge in [0.2, 0.25) is 0 Å². The number of hydrogen-bond donors (Lipinski definition) is 1. The number of hydrogen-bond acceptors (Lipinski definition) is 6. The van der Waals surface area contributed by atoms with E-state index in [0.29, 0.717) is 11.6 Å². The first-order valence-electron chi connectivity index (χ1n) is 5.37. The van der Waals surface area contributed by atoms with Gasteiger partial charge in [-0.1, -0.05) is 0 Å². The SMILES string of the molecule is CN(CC#N)c1cc(Nc2ccncc2)ncn1. The molecule has 0 fully saturated rings. The highest BCUT2D eigenvalue weighted by atomic mass is 15.2. The lowest BCUT2D eigenvalue weighted by Gasteiger charge is -2.14. The maximum Gasteiger partial charge on any atom is 0.135 e. The molecule has 0 unspecified atom stereocenters. The third-order valence-electron chi connectivity index (χ3n) is 2.30. The summed E-state index contributed by atoms with van der Waals surface area (Å²) in [4.78, 5) is 13.9. The highest BCUT2D eigenvalue weighted by Gasteiger charge is 2.03. The van der Waals surface area contributed by atoms with Crippen molar-refractivity contribution in [1.82, 2.24) is 15.0 Å². The number of nitriles is 1. The maximum absolute atomic E-state index is 8.64. The quantitative estimate of drug-likeness (QED) is 0.817. The molecule has 0 radical (unpaired) electrons. The van der Waals surface area contributed by atoms with Crippen molar-refractivity contribution in [1.29, 1.82) is 5.26 Å². The molecule has 0 aliphatic rings. The summed E-state index contributed by atoms with van der Waals surface area (Å²) in [6.45, 7) is 0.283. The fourth-order valence-corrected chi connectivity index (χ4v) is 1.39. The van der Waals surface area contributed by atoms with Crippen molar-refractivity contribution < 1.29 is 0 Å². The average molecular weight is 240 g/mol. The Labute approximate surface area is 105 Å². The fraction of sp³-hybridized carbons (Fsp3) is 0.167. The van der Waals surface area contributed by atoms with Crippen LogP contribution in [0.2, 0.25) is 0 Å². The van der Waals surface area contributed by atoms with Crippen LogP contribution in [-0.4, -0.2) is 28.5 Å². The molecule has 90 valence electrons. The summed E-state index contributed by atoms with van der Waals surface area (Å²) in [5.74, 6) is 1.37. The molecule has 2 heterocycles. The molecule has 6 heteroatoms. The van der Waals surface area contributed by atoms with Gasteiger partial charge >= 0.3 is 0 Å². The molecule has 6 nitrogen and oxygen atoms in total. The second-order valence-electron chi connectivity index (χ2n) is 3.64. The minimum atomic E-state index is 0.283. The minimum absolute atomic E-state index is 0.283. The first-order chi connectivity index (χ1) is 8.79. The lowest BCUT2D eigenvalue weighted by atomic mass is 10.4. The summed E-state index contributed by atoms with van der Waals surface area (Å²) in [7, 11) is 1.81. The van der Waals surface area contributed by atoms with Crippen LogP contribution in [-0.2, 0) is 0 Å². The normalized spacial score (nSPS) is 9.56. The van der Waals surface area contributed by atoms with Gasteiger partial charge in [-0.15, -0.1) is 0 Å². The van der Waals surface area contributed by atoms with Crippen LogP contribution in [0.4, 0.5) is 17.3 Å². The van der Waals surface area contributed by atoms with Crippen LogP contribution >= 0.6 is 0 Å². The van der Waals surface area contributed by atoms with Crippen LogP contribution in [0, 0.1) is 11.3 Å². The molecular formula is C12H12N6. The molecule has 0 saturated carbocycles. The van der Waals surface area contributed by atoms with Crippen LogP contribution in [0.5, 0.6) is 0 Å². The second-order valence-corrected chi connectivity index (χ2v) is 3.64. The van der Waals surface area contributed by atoms with E-state index in [0.717, 1.165) is 5.69 Å². The number of nitrogens with zero attached hydrogens (tertiary/aromatic N) is 5. The summed E-state index contributed by atoms with van der Waals surface area (Å²) < 4.78 is 0. The Bertz CT molecular complexity index is 548. The van der Waals surface area contributed by atoms with E-state index >= 15 is 0 Å². The number of nitrogens with one attached hydrogen (secondary N) is 1. The predicted molar refractivity (Wildman–Crippen MR) is 68.4 cm³/mol. The lowest BCUT2D eigenvalue weighted by molar-refractivity contribution is 0.981. The molecule has 2 aromatic heterocycles. The summed E-state index contributed by atoms with van der Waals surface area (Å²) in [5.41, 5.74) is 0.901. The van der Waals surface area contributed by atoms with Gasteiger partial charge in [0.1, 0.15) is 24.5 Å². The van der Waals surface area contributed by atoms with E-state index in [1.807, 2.05) is 19.2 Å². The van der Waals surface area contributed by atoms with E-state index in [4.69, 9.17) is 5.26 Å². The van der Waals surface area contributed by atoms with Gasteiger partial charge in [-0.2, -0.15) is 5.26 Å². The first kappa shape index (κ1) is 11.8. The van der Waals surface area contributed by atoms with Gasteiger partial charge in [-0.25, -0.2) is 9.97 Å². The topological polar surface area (TPSA) is 77.7 Å². The second kappa shape index (κ2) is 5.59. The summed E-state index contributed by atoms with van der Waals surface area (Å²) in [5, 5.41) is 11.8. The van der Waals surface area contributed by atoms with E-state index in [1.165, 1.54) is 6.33 Å². The van der Waals surface area contributed by atoms with Crippen molar-refractivity contribution in [3.05, 3.63) is 36.9 Å². The Kier molecular flexibility index (Phi) is 3.66. The molecule has 0 atom stereocenters. The fourth-order valence-electron chi connectivity index (χ4n) is 1.39. The Hall–Kier alpha value is -2.68. The molecule has 0 spiro atoms. The van der Waals surface area contributed by atoms with Gasteiger partial charge in [0, 0.05) is 31.2 Å². The Balaban J connectivity index is 2.15. The van der Waals surface area contributed by atoms with E-state index in [9.17, 15) is 0 Å². The van der Waals surface area contributed by atoms with Crippen LogP contribution < -0.4 is 10.2 Å². The number of anilines is 3. The average Bonchev–Trinajstić information content (AvgIpc) is 2.40. The molecule has 0 bridgehead atoms. The Morgan fingerprint density at radius 2 is 2.11 bits per heavy atom. The molecule has 0 aliphatic carbocycles. The zero-order valence-corrected chi connectivity index (χ0v) is 9.91. The molecule has 0 saturated heterocycles. The monoisotopic (exact) mass is 240 g/mol. The smallest absolute Gasteiger partial charge is 0.135 e. The standard InChI is InChI=1S/C12H12N6/c1-18(7-4-13)12-8-11(15-9-16-12)17-10-2-5-14-6-3-10/h2-3,5-6,8-9H,7H2,1H3,(H,14,15,16,17). The Morgan fingerprint density at radius 3 is 2.83 bits per heavy atom. The van der Waals surface area contributed by atoms with Gasteiger partial charge in [-0.05, 0) is 12.1 Å². The van der Waals surface area contributed by atoms with Crippen LogP contribution in [0.25, 0.3) is 0 Å². The van der Waals surface area contributed by atoms with Gasteiger partial charge in [0.25, 0.3) is 0 Å². The molecule has 2 aromatic rings.